The minimum atomic E-state index is -0.672. The first-order valence-corrected chi connectivity index (χ1v) is 5.14. The standard InChI is InChI=1S/C11H11BrO3/c1-14-11(13)15-7-3-5-9-4-2-6-10(12)8-9/h2-6,8H,7H2,1H3/b5-3+. The lowest BCUT2D eigenvalue weighted by Gasteiger charge is -1.98. The Morgan fingerprint density at radius 2 is 2.33 bits per heavy atom. The van der Waals surface area contributed by atoms with E-state index in [9.17, 15) is 4.79 Å². The van der Waals surface area contributed by atoms with Gasteiger partial charge in [0, 0.05) is 4.47 Å². The van der Waals surface area contributed by atoms with Gasteiger partial charge in [-0.3, -0.25) is 0 Å². The van der Waals surface area contributed by atoms with Crippen molar-refractivity contribution in [3.63, 3.8) is 0 Å². The molecule has 0 heterocycles. The second-order valence-corrected chi connectivity index (χ2v) is 3.64. The molecular formula is C11H11BrO3. The van der Waals surface area contributed by atoms with Crippen molar-refractivity contribution in [2.75, 3.05) is 13.7 Å². The zero-order chi connectivity index (χ0) is 11.1. The number of ether oxygens (including phenoxy) is 2. The minimum absolute atomic E-state index is 0.208. The van der Waals surface area contributed by atoms with Crippen molar-refractivity contribution in [3.8, 4) is 0 Å². The Labute approximate surface area is 96.8 Å². The first kappa shape index (κ1) is 11.8. The molecule has 3 nitrogen and oxygen atoms in total. The lowest BCUT2D eigenvalue weighted by molar-refractivity contribution is 0.0819. The molecule has 0 N–H and O–H groups in total. The highest BCUT2D eigenvalue weighted by molar-refractivity contribution is 9.10. The third kappa shape index (κ3) is 4.65. The third-order valence-electron chi connectivity index (χ3n) is 1.62. The van der Waals surface area contributed by atoms with Gasteiger partial charge >= 0.3 is 6.16 Å². The zero-order valence-corrected chi connectivity index (χ0v) is 9.86. The summed E-state index contributed by atoms with van der Waals surface area (Å²) in [6.45, 7) is 0.208. The van der Waals surface area contributed by atoms with Crippen molar-refractivity contribution in [2.45, 2.75) is 0 Å². The van der Waals surface area contributed by atoms with Gasteiger partial charge in [0.1, 0.15) is 6.61 Å². The van der Waals surface area contributed by atoms with Crippen LogP contribution in [0.25, 0.3) is 6.08 Å². The maximum Gasteiger partial charge on any atom is 0.508 e. The van der Waals surface area contributed by atoms with Gasteiger partial charge in [0.15, 0.2) is 0 Å². The Hall–Kier alpha value is -1.29. The van der Waals surface area contributed by atoms with E-state index >= 15 is 0 Å². The van der Waals surface area contributed by atoms with Gasteiger partial charge in [-0.25, -0.2) is 4.79 Å². The number of halogens is 1. The van der Waals surface area contributed by atoms with Crippen LogP contribution in [-0.2, 0) is 9.47 Å². The summed E-state index contributed by atoms with van der Waals surface area (Å²) in [6, 6.07) is 7.81. The quantitative estimate of drug-likeness (QED) is 0.791. The van der Waals surface area contributed by atoms with Crippen LogP contribution in [0.3, 0.4) is 0 Å². The van der Waals surface area contributed by atoms with Crippen LogP contribution in [0.4, 0.5) is 4.79 Å². The van der Waals surface area contributed by atoms with Crippen LogP contribution < -0.4 is 0 Å². The van der Waals surface area contributed by atoms with E-state index in [2.05, 4.69) is 25.4 Å². The van der Waals surface area contributed by atoms with Crippen molar-refractivity contribution >= 4 is 28.2 Å². The van der Waals surface area contributed by atoms with E-state index in [0.29, 0.717) is 0 Å². The predicted octanol–water partition coefficient (Wildman–Crippen LogP) is 3.25. The summed E-state index contributed by atoms with van der Waals surface area (Å²) in [6.07, 6.45) is 2.95. The molecule has 15 heavy (non-hydrogen) atoms. The molecule has 0 atom stereocenters. The second kappa shape index (κ2) is 6.24. The van der Waals surface area contributed by atoms with Crippen LogP contribution in [0.15, 0.2) is 34.8 Å². The van der Waals surface area contributed by atoms with Crippen molar-refractivity contribution in [2.24, 2.45) is 0 Å². The Morgan fingerprint density at radius 1 is 1.53 bits per heavy atom. The van der Waals surface area contributed by atoms with Crippen LogP contribution in [0.1, 0.15) is 5.56 Å². The van der Waals surface area contributed by atoms with Gasteiger partial charge in [0.05, 0.1) is 7.11 Å². The summed E-state index contributed by atoms with van der Waals surface area (Å²) < 4.78 is 10.0. The lowest BCUT2D eigenvalue weighted by Crippen LogP contribution is -2.03. The maximum absolute atomic E-state index is 10.6. The molecule has 0 amide bonds. The molecule has 1 aromatic rings. The third-order valence-corrected chi connectivity index (χ3v) is 2.12. The van der Waals surface area contributed by atoms with Crippen LogP contribution in [0, 0.1) is 0 Å². The van der Waals surface area contributed by atoms with Crippen LogP contribution in [0.2, 0.25) is 0 Å². The van der Waals surface area contributed by atoms with Crippen molar-refractivity contribution < 1.29 is 14.3 Å². The predicted molar refractivity (Wildman–Crippen MR) is 61.5 cm³/mol. The largest absolute Gasteiger partial charge is 0.508 e. The zero-order valence-electron chi connectivity index (χ0n) is 8.27. The summed E-state index contributed by atoms with van der Waals surface area (Å²) in [5, 5.41) is 0. The van der Waals surface area contributed by atoms with Gasteiger partial charge in [-0.15, -0.1) is 0 Å². The summed E-state index contributed by atoms with van der Waals surface area (Å²) in [7, 11) is 1.28. The van der Waals surface area contributed by atoms with Gasteiger partial charge in [-0.05, 0) is 23.8 Å². The topological polar surface area (TPSA) is 35.5 Å². The monoisotopic (exact) mass is 270 g/mol. The Balaban J connectivity index is 2.41. The van der Waals surface area contributed by atoms with E-state index in [-0.39, 0.29) is 6.61 Å². The Bertz CT molecular complexity index is 361. The van der Waals surface area contributed by atoms with Gasteiger partial charge in [0.25, 0.3) is 0 Å². The Morgan fingerprint density at radius 3 is 3.00 bits per heavy atom. The molecule has 1 rings (SSSR count). The summed E-state index contributed by atoms with van der Waals surface area (Å²) in [5.41, 5.74) is 1.04. The van der Waals surface area contributed by atoms with Crippen molar-refractivity contribution in [1.82, 2.24) is 0 Å². The minimum Gasteiger partial charge on any atom is -0.438 e. The van der Waals surface area contributed by atoms with Crippen molar-refractivity contribution in [3.05, 3.63) is 40.4 Å². The highest BCUT2D eigenvalue weighted by atomic mass is 79.9. The van der Waals surface area contributed by atoms with Crippen LogP contribution in [0.5, 0.6) is 0 Å². The molecule has 0 radical (unpaired) electrons. The molecule has 0 aliphatic rings. The van der Waals surface area contributed by atoms with E-state index in [1.165, 1.54) is 7.11 Å². The van der Waals surface area contributed by atoms with E-state index in [0.717, 1.165) is 10.0 Å². The Kier molecular flexibility index (Phi) is 4.90. The smallest absolute Gasteiger partial charge is 0.438 e. The molecule has 0 spiro atoms. The highest BCUT2D eigenvalue weighted by Gasteiger charge is 1.95. The van der Waals surface area contributed by atoms with Crippen LogP contribution >= 0.6 is 15.9 Å². The first-order chi connectivity index (χ1) is 7.22. The lowest BCUT2D eigenvalue weighted by atomic mass is 10.2. The number of carbonyl (C=O) groups is 1. The number of methoxy groups -OCH3 is 1. The van der Waals surface area contributed by atoms with E-state index in [1.54, 1.807) is 6.08 Å². The maximum atomic E-state index is 10.6. The molecule has 0 unspecified atom stereocenters. The number of benzene rings is 1. The highest BCUT2D eigenvalue weighted by Crippen LogP contribution is 2.12. The fourth-order valence-electron chi connectivity index (χ4n) is 0.970. The number of hydrogen-bond acceptors (Lipinski definition) is 3. The molecule has 4 heteroatoms. The average molecular weight is 271 g/mol. The molecule has 0 saturated heterocycles. The van der Waals surface area contributed by atoms with Crippen LogP contribution in [-0.4, -0.2) is 19.9 Å². The van der Waals surface area contributed by atoms with E-state index in [4.69, 9.17) is 0 Å². The van der Waals surface area contributed by atoms with Crippen molar-refractivity contribution in [1.29, 1.82) is 0 Å². The van der Waals surface area contributed by atoms with Gasteiger partial charge in [-0.2, -0.15) is 0 Å². The molecule has 0 aliphatic carbocycles. The van der Waals surface area contributed by atoms with E-state index in [1.807, 2.05) is 30.3 Å². The molecule has 0 bridgehead atoms. The molecule has 0 aliphatic heterocycles. The number of rotatable bonds is 3. The second-order valence-electron chi connectivity index (χ2n) is 2.72. The van der Waals surface area contributed by atoms with Gasteiger partial charge < -0.3 is 9.47 Å². The first-order valence-electron chi connectivity index (χ1n) is 4.35. The molecule has 80 valence electrons. The molecule has 0 fully saturated rings. The SMILES string of the molecule is COC(=O)OC/C=C/c1cccc(Br)c1. The summed E-state index contributed by atoms with van der Waals surface area (Å²) >= 11 is 3.37. The van der Waals surface area contributed by atoms with Gasteiger partial charge in [-0.1, -0.05) is 34.1 Å². The summed E-state index contributed by atoms with van der Waals surface area (Å²) in [5.74, 6) is 0. The normalized spacial score (nSPS) is 10.3. The fraction of sp³-hybridized carbons (Fsp3) is 0.182. The van der Waals surface area contributed by atoms with Gasteiger partial charge in [0.2, 0.25) is 0 Å². The fourth-order valence-corrected chi connectivity index (χ4v) is 1.39. The molecule has 0 saturated carbocycles. The number of carbonyl (C=O) groups excluding carboxylic acids is 1. The van der Waals surface area contributed by atoms with E-state index < -0.39 is 6.16 Å². The molecular weight excluding hydrogens is 260 g/mol. The average Bonchev–Trinajstić information content (AvgIpc) is 2.24. The molecule has 1 aromatic carbocycles. The summed E-state index contributed by atoms with van der Waals surface area (Å²) in [4.78, 5) is 10.6. The molecule has 0 aromatic heterocycles. The number of hydrogen-bond donors (Lipinski definition) is 0.